The largest absolute Gasteiger partial charge is 0.310 e. The molecule has 0 spiro atoms. The van der Waals surface area contributed by atoms with Crippen molar-refractivity contribution >= 4 is 34.1 Å². The van der Waals surface area contributed by atoms with Gasteiger partial charge in [0.2, 0.25) is 0 Å². The lowest BCUT2D eigenvalue weighted by atomic mass is 9.67. The van der Waals surface area contributed by atoms with Gasteiger partial charge < -0.3 is 9.80 Å². The molecule has 0 radical (unpaired) electrons. The SMILES string of the molecule is CCCCCCc1cc(CCCCCC)cc(C2(CCCCCCC3(c4ccc5c(c4)CC5)c4ccccc4-c4ccccc43)c3cc(N(c4ccccc4)c4c(C)cc(C)cc4C)ccc3-c3ccc(N(c4ccccc4)c4c(C)cc(C)cc4C)cc32)c1. The minimum absolute atomic E-state index is 0.183. The molecule has 2 heteroatoms. The van der Waals surface area contributed by atoms with Gasteiger partial charge in [-0.05, 0) is 242 Å². The molecular weight excluding hydrogens is 1080 g/mol. The van der Waals surface area contributed by atoms with Gasteiger partial charge in [0.25, 0.3) is 0 Å². The molecule has 2 nitrogen and oxygen atoms in total. The van der Waals surface area contributed by atoms with Crippen molar-refractivity contribution in [2.75, 3.05) is 9.80 Å². The average Bonchev–Trinajstić information content (AvgIpc) is 1.55. The van der Waals surface area contributed by atoms with Gasteiger partial charge in [-0.25, -0.2) is 0 Å². The summed E-state index contributed by atoms with van der Waals surface area (Å²) in [5, 5.41) is 0. The Morgan fingerprint density at radius 1 is 0.311 bits per heavy atom. The first-order valence-electron chi connectivity index (χ1n) is 34.6. The number of aryl methyl sites for hydroxylation is 10. The maximum absolute atomic E-state index is 2.71. The molecule has 10 aromatic rings. The van der Waals surface area contributed by atoms with Gasteiger partial charge in [0.05, 0.1) is 11.4 Å². The predicted molar refractivity (Wildman–Crippen MR) is 385 cm³/mol. The van der Waals surface area contributed by atoms with E-state index in [4.69, 9.17) is 0 Å². The molecule has 0 N–H and O–H groups in total. The van der Waals surface area contributed by atoms with Crippen LogP contribution in [0.2, 0.25) is 0 Å². The van der Waals surface area contributed by atoms with Crippen LogP contribution in [0.25, 0.3) is 22.3 Å². The van der Waals surface area contributed by atoms with E-state index < -0.39 is 5.41 Å². The van der Waals surface area contributed by atoms with Crippen LogP contribution >= 0.6 is 0 Å². The predicted octanol–water partition coefficient (Wildman–Crippen LogP) is 24.5. The number of unbranched alkanes of at least 4 members (excludes halogenated alkanes) is 9. The van der Waals surface area contributed by atoms with Crippen molar-refractivity contribution in [2.24, 2.45) is 0 Å². The number of hydrogen-bond acceptors (Lipinski definition) is 2. The lowest BCUT2D eigenvalue weighted by molar-refractivity contribution is 0.479. The Morgan fingerprint density at radius 2 is 0.722 bits per heavy atom. The van der Waals surface area contributed by atoms with Crippen LogP contribution in [-0.2, 0) is 36.5 Å². The number of anilines is 6. The molecule has 0 amide bonds. The van der Waals surface area contributed by atoms with Crippen molar-refractivity contribution in [3.05, 3.63) is 295 Å². The Labute approximate surface area is 540 Å². The molecule has 0 fully saturated rings. The van der Waals surface area contributed by atoms with Gasteiger partial charge >= 0.3 is 0 Å². The summed E-state index contributed by atoms with van der Waals surface area (Å²) in [6, 6.07) is 81.3. The number of rotatable bonds is 25. The second-order valence-corrected chi connectivity index (χ2v) is 27.3. The van der Waals surface area contributed by atoms with Crippen LogP contribution in [0.4, 0.5) is 34.1 Å². The molecule has 0 saturated heterocycles. The smallest absolute Gasteiger partial charge is 0.0520 e. The summed E-state index contributed by atoms with van der Waals surface area (Å²) in [6.07, 6.45) is 21.2. The monoisotopic (exact) mass is 1180 g/mol. The molecular formula is C88H94N2. The molecule has 13 rings (SSSR count). The average molecular weight is 1180 g/mol. The van der Waals surface area contributed by atoms with E-state index in [0.717, 1.165) is 51.4 Å². The fraction of sp³-hybridized carbons (Fsp3) is 0.318. The lowest BCUT2D eigenvalue weighted by Crippen LogP contribution is -2.29. The maximum Gasteiger partial charge on any atom is 0.0520 e. The van der Waals surface area contributed by atoms with Gasteiger partial charge in [-0.1, -0.05) is 247 Å². The molecule has 10 aromatic carbocycles. The van der Waals surface area contributed by atoms with Gasteiger partial charge in [-0.3, -0.25) is 0 Å². The van der Waals surface area contributed by atoms with Crippen LogP contribution in [-0.4, -0.2) is 0 Å². The Hall–Kier alpha value is -8.20. The van der Waals surface area contributed by atoms with Crippen molar-refractivity contribution in [3.63, 3.8) is 0 Å². The van der Waals surface area contributed by atoms with E-state index >= 15 is 0 Å². The third-order valence-electron chi connectivity index (χ3n) is 20.9. The fourth-order valence-corrected chi connectivity index (χ4v) is 16.9. The van der Waals surface area contributed by atoms with E-state index in [0.29, 0.717) is 0 Å². The van der Waals surface area contributed by atoms with E-state index in [1.807, 2.05) is 0 Å². The van der Waals surface area contributed by atoms with E-state index in [1.165, 1.54) is 204 Å². The summed E-state index contributed by atoms with van der Waals surface area (Å²) in [7, 11) is 0. The fourth-order valence-electron chi connectivity index (χ4n) is 16.9. The van der Waals surface area contributed by atoms with Crippen molar-refractivity contribution in [1.29, 1.82) is 0 Å². The van der Waals surface area contributed by atoms with Gasteiger partial charge in [0.1, 0.15) is 0 Å². The third-order valence-corrected chi connectivity index (χ3v) is 20.9. The first-order valence-corrected chi connectivity index (χ1v) is 34.6. The second-order valence-electron chi connectivity index (χ2n) is 27.3. The van der Waals surface area contributed by atoms with E-state index in [9.17, 15) is 0 Å². The maximum atomic E-state index is 2.71. The number of benzene rings is 10. The van der Waals surface area contributed by atoms with Crippen LogP contribution in [0.3, 0.4) is 0 Å². The van der Waals surface area contributed by atoms with Crippen LogP contribution in [0.1, 0.15) is 193 Å². The standard InChI is InChI=1S/C88H94N2/c1-9-11-13-19-31-67-55-68(32-20-14-12-10-2)57-72(56-67)88(50-30-16-15-29-49-87(71-44-43-69-41-42-70(69)58-71)81-39-27-25-37-77(81)78-38-26-28-40-82(78)87)83-59-75(89(73-33-21-17-22-34-73)85-63(5)51-61(3)52-64(85)6)45-47-79(83)80-48-46-76(60-84(80)88)90(74-35-23-18-24-36-74)86-65(7)53-62(4)54-66(86)8/h17-18,21-28,33-40,43-48,51-60H,9-16,19-20,29-32,41-42,49-50H2,1-8H3. The Balaban J connectivity index is 0.988. The normalized spacial score (nSPS) is 13.7. The van der Waals surface area contributed by atoms with E-state index in [-0.39, 0.29) is 5.41 Å². The first kappa shape index (κ1) is 60.7. The lowest BCUT2D eigenvalue weighted by Gasteiger charge is -2.37. The number of hydrogen-bond donors (Lipinski definition) is 0. The van der Waals surface area contributed by atoms with Gasteiger partial charge in [-0.15, -0.1) is 0 Å². The molecule has 0 atom stereocenters. The molecule has 90 heavy (non-hydrogen) atoms. The minimum atomic E-state index is -0.468. The number of para-hydroxylation sites is 2. The summed E-state index contributed by atoms with van der Waals surface area (Å²) in [4.78, 5) is 5.14. The minimum Gasteiger partial charge on any atom is -0.310 e. The van der Waals surface area contributed by atoms with Crippen molar-refractivity contribution < 1.29 is 0 Å². The number of nitrogens with zero attached hydrogens (tertiary/aromatic N) is 2. The quantitative estimate of drug-likeness (QED) is 0.0526. The third kappa shape index (κ3) is 11.4. The van der Waals surface area contributed by atoms with Crippen LogP contribution in [0, 0.1) is 41.5 Å². The highest BCUT2D eigenvalue weighted by Gasteiger charge is 2.47. The molecule has 3 aliphatic carbocycles. The number of fused-ring (bicyclic) bond motifs is 7. The summed E-state index contributed by atoms with van der Waals surface area (Å²) in [6.45, 7) is 18.4. The summed E-state index contributed by atoms with van der Waals surface area (Å²) < 4.78 is 0. The van der Waals surface area contributed by atoms with Gasteiger partial charge in [-0.2, -0.15) is 0 Å². The molecule has 0 unspecified atom stereocenters. The van der Waals surface area contributed by atoms with Crippen molar-refractivity contribution in [1.82, 2.24) is 0 Å². The topological polar surface area (TPSA) is 6.48 Å². The highest BCUT2D eigenvalue weighted by atomic mass is 15.2. The molecule has 0 saturated carbocycles. The van der Waals surface area contributed by atoms with Crippen LogP contribution in [0.5, 0.6) is 0 Å². The highest BCUT2D eigenvalue weighted by Crippen LogP contribution is 2.60. The van der Waals surface area contributed by atoms with Crippen molar-refractivity contribution in [2.45, 2.75) is 182 Å². The molecule has 3 aliphatic rings. The first-order chi connectivity index (χ1) is 44.0. The summed E-state index contributed by atoms with van der Waals surface area (Å²) in [5.41, 5.74) is 34.8. The van der Waals surface area contributed by atoms with Crippen molar-refractivity contribution in [3.8, 4) is 22.3 Å². The molecule has 456 valence electrons. The van der Waals surface area contributed by atoms with Gasteiger partial charge in [0.15, 0.2) is 0 Å². The zero-order valence-corrected chi connectivity index (χ0v) is 55.3. The molecule has 0 bridgehead atoms. The highest BCUT2D eigenvalue weighted by molar-refractivity contribution is 5.92. The Kier molecular flexibility index (Phi) is 17.8. The zero-order chi connectivity index (χ0) is 61.9. The molecule has 0 aliphatic heterocycles. The van der Waals surface area contributed by atoms with Gasteiger partial charge in [0, 0.05) is 33.6 Å². The van der Waals surface area contributed by atoms with E-state index in [1.54, 1.807) is 5.56 Å². The Morgan fingerprint density at radius 3 is 1.16 bits per heavy atom. The van der Waals surface area contributed by atoms with Crippen LogP contribution in [0.15, 0.2) is 206 Å². The second kappa shape index (κ2) is 26.3. The zero-order valence-electron chi connectivity index (χ0n) is 55.3. The summed E-state index contributed by atoms with van der Waals surface area (Å²) >= 11 is 0. The summed E-state index contributed by atoms with van der Waals surface area (Å²) in [5.74, 6) is 0. The van der Waals surface area contributed by atoms with E-state index in [2.05, 4.69) is 271 Å². The molecule has 0 aromatic heterocycles. The van der Waals surface area contributed by atoms with Crippen LogP contribution < -0.4 is 9.80 Å². The molecule has 0 heterocycles. The Bertz CT molecular complexity index is 3930.